The Kier molecular flexibility index (Phi) is 5.07. The smallest absolute Gasteiger partial charge is 0.220 e. The number of amides is 1. The number of carbonyl (C=O) groups excluding carboxylic acids is 1. The van der Waals surface area contributed by atoms with Crippen molar-refractivity contribution in [1.82, 2.24) is 14.9 Å². The standard InChI is InChI=1S/C21H27N5O/c1-15-23-19-14-25(13-16-5-3-2-4-6-16)10-9-18(19)21(24-15)26-11-7-17(8-12-26)20(22)27/h2-6,17H,7-14H2,1H3,(H2,22,27). The van der Waals surface area contributed by atoms with Gasteiger partial charge in [0.05, 0.1) is 5.69 Å². The van der Waals surface area contributed by atoms with Crippen molar-refractivity contribution in [3.8, 4) is 0 Å². The second-order valence-electron chi connectivity index (χ2n) is 7.63. The summed E-state index contributed by atoms with van der Waals surface area (Å²) in [7, 11) is 0. The van der Waals surface area contributed by atoms with Crippen molar-refractivity contribution in [3.05, 3.63) is 53.0 Å². The summed E-state index contributed by atoms with van der Waals surface area (Å²) in [6, 6.07) is 10.6. The highest BCUT2D eigenvalue weighted by Crippen LogP contribution is 2.30. The van der Waals surface area contributed by atoms with Crippen LogP contribution in [0.5, 0.6) is 0 Å². The van der Waals surface area contributed by atoms with Crippen LogP contribution in [0.25, 0.3) is 0 Å². The minimum atomic E-state index is -0.174. The van der Waals surface area contributed by atoms with E-state index in [-0.39, 0.29) is 11.8 Å². The van der Waals surface area contributed by atoms with Gasteiger partial charge >= 0.3 is 0 Å². The number of carbonyl (C=O) groups is 1. The third-order valence-corrected chi connectivity index (χ3v) is 5.68. The first-order valence-corrected chi connectivity index (χ1v) is 9.77. The molecule has 0 atom stereocenters. The van der Waals surface area contributed by atoms with Crippen molar-refractivity contribution >= 4 is 11.7 Å². The molecule has 3 heterocycles. The molecule has 1 saturated heterocycles. The lowest BCUT2D eigenvalue weighted by molar-refractivity contribution is -0.122. The molecule has 1 fully saturated rings. The first kappa shape index (κ1) is 17.9. The second kappa shape index (κ2) is 7.64. The molecule has 1 aromatic carbocycles. The molecule has 142 valence electrons. The number of aryl methyl sites for hydroxylation is 1. The first-order chi connectivity index (χ1) is 13.1. The van der Waals surface area contributed by atoms with Crippen molar-refractivity contribution in [2.75, 3.05) is 24.5 Å². The normalized spacial score (nSPS) is 18.3. The Balaban J connectivity index is 1.51. The van der Waals surface area contributed by atoms with E-state index in [0.29, 0.717) is 0 Å². The topological polar surface area (TPSA) is 75.4 Å². The number of benzene rings is 1. The molecule has 6 heteroatoms. The molecule has 1 aromatic heterocycles. The zero-order chi connectivity index (χ0) is 18.8. The number of fused-ring (bicyclic) bond motifs is 1. The summed E-state index contributed by atoms with van der Waals surface area (Å²) in [4.78, 5) is 25.7. The monoisotopic (exact) mass is 365 g/mol. The van der Waals surface area contributed by atoms with E-state index < -0.39 is 0 Å². The number of nitrogens with two attached hydrogens (primary N) is 1. The average Bonchev–Trinajstić information content (AvgIpc) is 2.68. The van der Waals surface area contributed by atoms with Gasteiger partial charge in [-0.3, -0.25) is 9.69 Å². The van der Waals surface area contributed by atoms with E-state index >= 15 is 0 Å². The number of nitrogens with zero attached hydrogens (tertiary/aromatic N) is 4. The van der Waals surface area contributed by atoms with Gasteiger partial charge in [-0.1, -0.05) is 30.3 Å². The molecule has 0 spiro atoms. The van der Waals surface area contributed by atoms with Gasteiger partial charge in [0, 0.05) is 44.2 Å². The van der Waals surface area contributed by atoms with E-state index in [0.717, 1.165) is 69.3 Å². The Morgan fingerprint density at radius 1 is 1.15 bits per heavy atom. The van der Waals surface area contributed by atoms with E-state index in [2.05, 4.69) is 40.1 Å². The molecule has 2 aliphatic rings. The largest absolute Gasteiger partial charge is 0.369 e. The van der Waals surface area contributed by atoms with Gasteiger partial charge in [-0.15, -0.1) is 0 Å². The highest BCUT2D eigenvalue weighted by atomic mass is 16.1. The first-order valence-electron chi connectivity index (χ1n) is 9.77. The van der Waals surface area contributed by atoms with Crippen LogP contribution in [-0.2, 0) is 24.3 Å². The predicted molar refractivity (Wildman–Crippen MR) is 105 cm³/mol. The minimum Gasteiger partial charge on any atom is -0.369 e. The number of rotatable bonds is 4. The highest BCUT2D eigenvalue weighted by molar-refractivity contribution is 5.77. The van der Waals surface area contributed by atoms with E-state index in [9.17, 15) is 4.79 Å². The quantitative estimate of drug-likeness (QED) is 0.897. The molecule has 4 rings (SSSR count). The van der Waals surface area contributed by atoms with E-state index in [4.69, 9.17) is 15.7 Å². The fraction of sp³-hybridized carbons (Fsp3) is 0.476. The van der Waals surface area contributed by atoms with Gasteiger partial charge in [-0.2, -0.15) is 0 Å². The van der Waals surface area contributed by atoms with Crippen LogP contribution in [-0.4, -0.2) is 40.4 Å². The summed E-state index contributed by atoms with van der Waals surface area (Å²) in [6.07, 6.45) is 2.59. The Morgan fingerprint density at radius 3 is 2.59 bits per heavy atom. The average molecular weight is 365 g/mol. The van der Waals surface area contributed by atoms with E-state index in [1.165, 1.54) is 11.1 Å². The number of anilines is 1. The Labute approximate surface area is 160 Å². The van der Waals surface area contributed by atoms with Crippen molar-refractivity contribution in [3.63, 3.8) is 0 Å². The highest BCUT2D eigenvalue weighted by Gasteiger charge is 2.28. The van der Waals surface area contributed by atoms with Crippen molar-refractivity contribution in [2.45, 2.75) is 39.3 Å². The van der Waals surface area contributed by atoms with Crippen LogP contribution >= 0.6 is 0 Å². The fourth-order valence-corrected chi connectivity index (χ4v) is 4.20. The van der Waals surface area contributed by atoms with Gasteiger partial charge < -0.3 is 10.6 Å². The zero-order valence-electron chi connectivity index (χ0n) is 15.9. The van der Waals surface area contributed by atoms with Crippen LogP contribution in [0.4, 0.5) is 5.82 Å². The van der Waals surface area contributed by atoms with Gasteiger partial charge in [0.25, 0.3) is 0 Å². The minimum absolute atomic E-state index is 0.00127. The summed E-state index contributed by atoms with van der Waals surface area (Å²) >= 11 is 0. The Bertz CT molecular complexity index is 815. The molecule has 0 bridgehead atoms. The van der Waals surface area contributed by atoms with Gasteiger partial charge in [-0.05, 0) is 31.7 Å². The fourth-order valence-electron chi connectivity index (χ4n) is 4.20. The summed E-state index contributed by atoms with van der Waals surface area (Å²) in [5.74, 6) is 1.72. The van der Waals surface area contributed by atoms with E-state index in [1.807, 2.05) is 6.92 Å². The molecule has 27 heavy (non-hydrogen) atoms. The summed E-state index contributed by atoms with van der Waals surface area (Å²) in [5.41, 5.74) is 9.24. The zero-order valence-corrected chi connectivity index (χ0v) is 15.9. The number of primary amides is 1. The molecule has 0 aliphatic carbocycles. The van der Waals surface area contributed by atoms with Gasteiger partial charge in [-0.25, -0.2) is 9.97 Å². The molecule has 0 saturated carbocycles. The van der Waals surface area contributed by atoms with Gasteiger partial charge in [0.1, 0.15) is 11.6 Å². The number of hydrogen-bond acceptors (Lipinski definition) is 5. The molecular weight excluding hydrogens is 338 g/mol. The Morgan fingerprint density at radius 2 is 1.89 bits per heavy atom. The van der Waals surface area contributed by atoms with Crippen LogP contribution < -0.4 is 10.6 Å². The van der Waals surface area contributed by atoms with Crippen LogP contribution in [0.2, 0.25) is 0 Å². The van der Waals surface area contributed by atoms with Crippen molar-refractivity contribution in [1.29, 1.82) is 0 Å². The molecule has 0 radical (unpaired) electrons. The maximum atomic E-state index is 11.4. The van der Waals surface area contributed by atoms with Crippen LogP contribution in [0.15, 0.2) is 30.3 Å². The summed E-state index contributed by atoms with van der Waals surface area (Å²) in [6.45, 7) is 6.46. The van der Waals surface area contributed by atoms with Gasteiger partial charge in [0.2, 0.25) is 5.91 Å². The lowest BCUT2D eigenvalue weighted by atomic mass is 9.95. The maximum Gasteiger partial charge on any atom is 0.220 e. The molecule has 6 nitrogen and oxygen atoms in total. The number of piperidine rings is 1. The summed E-state index contributed by atoms with van der Waals surface area (Å²) < 4.78 is 0. The third kappa shape index (κ3) is 3.95. The van der Waals surface area contributed by atoms with Crippen LogP contribution in [0.3, 0.4) is 0 Å². The van der Waals surface area contributed by atoms with E-state index in [1.54, 1.807) is 0 Å². The lowest BCUT2D eigenvalue weighted by Gasteiger charge is -2.35. The maximum absolute atomic E-state index is 11.4. The Hall–Kier alpha value is -2.47. The molecule has 0 unspecified atom stereocenters. The van der Waals surface area contributed by atoms with Crippen LogP contribution in [0.1, 0.15) is 35.5 Å². The lowest BCUT2D eigenvalue weighted by Crippen LogP contribution is -2.40. The number of aromatic nitrogens is 2. The molecule has 2 aliphatic heterocycles. The number of hydrogen-bond donors (Lipinski definition) is 1. The molecule has 1 amide bonds. The van der Waals surface area contributed by atoms with Crippen LogP contribution in [0, 0.1) is 12.8 Å². The second-order valence-corrected chi connectivity index (χ2v) is 7.63. The molecule has 2 aromatic rings. The molecule has 2 N–H and O–H groups in total. The predicted octanol–water partition coefficient (Wildman–Crippen LogP) is 2.05. The molecular formula is C21H27N5O. The van der Waals surface area contributed by atoms with Crippen molar-refractivity contribution in [2.24, 2.45) is 11.7 Å². The third-order valence-electron chi connectivity index (χ3n) is 5.68. The van der Waals surface area contributed by atoms with Gasteiger partial charge in [0.15, 0.2) is 0 Å². The van der Waals surface area contributed by atoms with Crippen molar-refractivity contribution < 1.29 is 4.79 Å². The summed E-state index contributed by atoms with van der Waals surface area (Å²) in [5, 5.41) is 0. The SMILES string of the molecule is Cc1nc2c(c(N3CCC(C(N)=O)CC3)n1)CCN(Cc1ccccc1)C2.